The molecule has 0 unspecified atom stereocenters. The number of nitrogens with one attached hydrogen (secondary N) is 1. The number of rotatable bonds is 7. The minimum Gasteiger partial charge on any atom is -0.480 e. The van der Waals surface area contributed by atoms with Gasteiger partial charge in [-0.15, -0.1) is 0 Å². The summed E-state index contributed by atoms with van der Waals surface area (Å²) in [5, 5.41) is 29.0. The van der Waals surface area contributed by atoms with Gasteiger partial charge in [0.05, 0.1) is 34.4 Å². The summed E-state index contributed by atoms with van der Waals surface area (Å²) in [4.78, 5) is 24.6. The van der Waals surface area contributed by atoms with E-state index >= 15 is 0 Å². The zero-order valence-corrected chi connectivity index (χ0v) is 23.6. The number of carboxylic acids is 1. The Bertz CT molecular complexity index is 1370. The van der Waals surface area contributed by atoms with Gasteiger partial charge in [0.15, 0.2) is 0 Å². The minimum atomic E-state index is -4.69. The standard InChI is InChI=1S/C15H18F3N3O.C13H13F3N2O2/c1-9(2)14(20,13(22)21(3)4)11-6-5-10(8-19)12(7-11)15(16,17)18;1-7(2)11(12(19)20)18-9-4-3-8(6-17)10(5-9)13(14,15)16/h5-7,9H,20H2,1-4H3;3-5,7,11,18H,1-2H3,(H,19,20)/t14-;11-/m01/s1. The maximum absolute atomic E-state index is 13.1. The first kappa shape index (κ1) is 35.7. The number of likely N-dealkylation sites (N-methyl/N-ethyl adjacent to an activating group) is 1. The number of nitrogens with two attached hydrogens (primary N) is 1. The number of carbonyl (C=O) groups is 2. The van der Waals surface area contributed by atoms with Crippen molar-refractivity contribution in [1.29, 1.82) is 10.5 Å². The third-order valence-corrected chi connectivity index (χ3v) is 6.29. The Morgan fingerprint density at radius 3 is 1.69 bits per heavy atom. The molecule has 0 radical (unpaired) electrons. The monoisotopic (exact) mass is 599 g/mol. The highest BCUT2D eigenvalue weighted by Gasteiger charge is 2.43. The molecule has 0 aliphatic rings. The number of benzene rings is 2. The van der Waals surface area contributed by atoms with Gasteiger partial charge in [0.25, 0.3) is 0 Å². The molecular weight excluding hydrogens is 568 g/mol. The number of halogens is 6. The number of aliphatic carboxylic acids is 1. The summed E-state index contributed by atoms with van der Waals surface area (Å²) in [5.41, 5.74) is 1.44. The molecule has 0 aromatic heterocycles. The SMILES string of the molecule is CC(C)[C@@H](Nc1ccc(C#N)c(C(F)(F)F)c1)C(=O)O.CC(C)[C@@](N)(C(=O)N(C)C)c1ccc(C#N)c(C(F)(F)F)c1. The summed E-state index contributed by atoms with van der Waals surface area (Å²) in [7, 11) is 2.97. The predicted octanol–water partition coefficient (Wildman–Crippen LogP) is 5.57. The number of anilines is 1. The molecule has 14 heteroatoms. The largest absolute Gasteiger partial charge is 0.480 e. The molecule has 0 saturated heterocycles. The van der Waals surface area contributed by atoms with Crippen LogP contribution in [0.1, 0.15) is 55.5 Å². The van der Waals surface area contributed by atoms with E-state index in [4.69, 9.17) is 21.4 Å². The Labute approximate surface area is 239 Å². The first-order valence-electron chi connectivity index (χ1n) is 12.4. The van der Waals surface area contributed by atoms with E-state index in [1.165, 1.54) is 43.3 Å². The lowest BCUT2D eigenvalue weighted by Gasteiger charge is -2.35. The van der Waals surface area contributed by atoms with Crippen molar-refractivity contribution in [3.63, 3.8) is 0 Å². The van der Waals surface area contributed by atoms with E-state index in [1.54, 1.807) is 27.7 Å². The molecule has 0 fully saturated rings. The van der Waals surface area contributed by atoms with Crippen molar-refractivity contribution in [2.45, 2.75) is 51.6 Å². The number of carbonyl (C=O) groups excluding carboxylic acids is 1. The van der Waals surface area contributed by atoms with E-state index in [-0.39, 0.29) is 17.2 Å². The van der Waals surface area contributed by atoms with Crippen LogP contribution >= 0.6 is 0 Å². The average Bonchev–Trinajstić information content (AvgIpc) is 2.89. The molecule has 228 valence electrons. The number of amides is 1. The Morgan fingerprint density at radius 2 is 1.33 bits per heavy atom. The van der Waals surface area contributed by atoms with Crippen LogP contribution in [0.15, 0.2) is 36.4 Å². The third-order valence-electron chi connectivity index (χ3n) is 6.29. The van der Waals surface area contributed by atoms with E-state index in [1.807, 2.05) is 0 Å². The highest BCUT2D eigenvalue weighted by molar-refractivity contribution is 5.87. The molecule has 2 aromatic rings. The molecule has 2 rings (SSSR count). The second kappa shape index (κ2) is 13.6. The molecule has 0 bridgehead atoms. The summed E-state index contributed by atoms with van der Waals surface area (Å²) in [5.74, 6) is -2.40. The normalized spacial score (nSPS) is 13.6. The molecule has 1 amide bonds. The van der Waals surface area contributed by atoms with Crippen LogP contribution in [0, 0.1) is 34.5 Å². The number of carboxylic acid groups (broad SMARTS) is 1. The van der Waals surface area contributed by atoms with Crippen LogP contribution in [0.2, 0.25) is 0 Å². The predicted molar refractivity (Wildman–Crippen MR) is 142 cm³/mol. The van der Waals surface area contributed by atoms with Crippen molar-refractivity contribution < 1.29 is 41.0 Å². The lowest BCUT2D eigenvalue weighted by atomic mass is 9.78. The lowest BCUT2D eigenvalue weighted by molar-refractivity contribution is -0.139. The molecule has 2 aromatic carbocycles. The Balaban J connectivity index is 0.000000422. The van der Waals surface area contributed by atoms with Gasteiger partial charge in [-0.2, -0.15) is 36.9 Å². The van der Waals surface area contributed by atoms with Crippen molar-refractivity contribution in [3.05, 3.63) is 64.2 Å². The van der Waals surface area contributed by atoms with Gasteiger partial charge in [-0.25, -0.2) is 4.79 Å². The van der Waals surface area contributed by atoms with E-state index in [0.29, 0.717) is 0 Å². The zero-order chi connectivity index (χ0) is 32.8. The summed E-state index contributed by atoms with van der Waals surface area (Å²) >= 11 is 0. The van der Waals surface area contributed by atoms with Crippen molar-refractivity contribution in [2.75, 3.05) is 19.4 Å². The fourth-order valence-corrected chi connectivity index (χ4v) is 3.87. The molecule has 4 N–H and O–H groups in total. The van der Waals surface area contributed by atoms with Crippen molar-refractivity contribution in [3.8, 4) is 12.1 Å². The van der Waals surface area contributed by atoms with Gasteiger partial charge in [0, 0.05) is 19.8 Å². The fourth-order valence-electron chi connectivity index (χ4n) is 3.87. The molecule has 0 spiro atoms. The molecule has 2 atom stereocenters. The Morgan fingerprint density at radius 1 is 0.881 bits per heavy atom. The van der Waals surface area contributed by atoms with Gasteiger partial charge in [0.1, 0.15) is 11.6 Å². The van der Waals surface area contributed by atoms with Gasteiger partial charge >= 0.3 is 18.3 Å². The number of hydrogen-bond acceptors (Lipinski definition) is 6. The quantitative estimate of drug-likeness (QED) is 0.353. The maximum Gasteiger partial charge on any atom is 0.417 e. The summed E-state index contributed by atoms with van der Waals surface area (Å²) in [6.45, 7) is 6.60. The van der Waals surface area contributed by atoms with Crippen molar-refractivity contribution >= 4 is 17.6 Å². The highest BCUT2D eigenvalue weighted by atomic mass is 19.4. The smallest absolute Gasteiger partial charge is 0.417 e. The second-order valence-electron chi connectivity index (χ2n) is 10.2. The third kappa shape index (κ3) is 8.36. The molecule has 0 heterocycles. The van der Waals surface area contributed by atoms with E-state index < -0.39 is 64.0 Å². The van der Waals surface area contributed by atoms with Gasteiger partial charge in [-0.05, 0) is 47.7 Å². The molecule has 0 aliphatic heterocycles. The van der Waals surface area contributed by atoms with Crippen LogP contribution in [0.25, 0.3) is 0 Å². The number of nitriles is 2. The zero-order valence-electron chi connectivity index (χ0n) is 23.6. The summed E-state index contributed by atoms with van der Waals surface area (Å²) in [6.07, 6.45) is -9.36. The average molecular weight is 600 g/mol. The number of hydrogen-bond donors (Lipinski definition) is 3. The first-order chi connectivity index (χ1) is 19.1. The van der Waals surface area contributed by atoms with Crippen LogP contribution in [-0.2, 0) is 27.5 Å². The van der Waals surface area contributed by atoms with Gasteiger partial charge in [-0.3, -0.25) is 4.79 Å². The lowest BCUT2D eigenvalue weighted by Crippen LogP contribution is -2.54. The molecule has 8 nitrogen and oxygen atoms in total. The maximum atomic E-state index is 13.1. The summed E-state index contributed by atoms with van der Waals surface area (Å²) in [6, 6.07) is 8.12. The molecule has 0 saturated carbocycles. The molecule has 0 aliphatic carbocycles. The van der Waals surface area contributed by atoms with Crippen LogP contribution in [0.4, 0.5) is 32.0 Å². The van der Waals surface area contributed by atoms with Crippen LogP contribution < -0.4 is 11.1 Å². The van der Waals surface area contributed by atoms with E-state index in [0.717, 1.165) is 24.3 Å². The van der Waals surface area contributed by atoms with Gasteiger partial charge in [0.2, 0.25) is 5.91 Å². The Kier molecular flexibility index (Phi) is 11.5. The van der Waals surface area contributed by atoms with E-state index in [9.17, 15) is 35.9 Å². The number of nitrogens with zero attached hydrogens (tertiary/aromatic N) is 3. The molecular formula is C28H31F6N5O3. The van der Waals surface area contributed by atoms with Crippen molar-refractivity contribution in [2.24, 2.45) is 17.6 Å². The van der Waals surface area contributed by atoms with E-state index in [2.05, 4.69) is 5.32 Å². The molecule has 42 heavy (non-hydrogen) atoms. The Hall–Kier alpha value is -4.30. The summed E-state index contributed by atoms with van der Waals surface area (Å²) < 4.78 is 77.6. The second-order valence-corrected chi connectivity index (χ2v) is 10.2. The first-order valence-corrected chi connectivity index (χ1v) is 12.4. The fraction of sp³-hybridized carbons (Fsp3) is 0.429. The minimum absolute atomic E-state index is 0.0115. The topological polar surface area (TPSA) is 143 Å². The van der Waals surface area contributed by atoms with Gasteiger partial charge in [-0.1, -0.05) is 33.8 Å². The van der Waals surface area contributed by atoms with Crippen molar-refractivity contribution in [1.82, 2.24) is 4.90 Å². The number of alkyl halides is 6. The van der Waals surface area contributed by atoms with Crippen LogP contribution in [0.5, 0.6) is 0 Å². The highest BCUT2D eigenvalue weighted by Crippen LogP contribution is 2.37. The van der Waals surface area contributed by atoms with Gasteiger partial charge < -0.3 is 21.1 Å². The van der Waals surface area contributed by atoms with Crippen LogP contribution in [-0.4, -0.2) is 42.0 Å². The van der Waals surface area contributed by atoms with Crippen LogP contribution in [0.3, 0.4) is 0 Å².